The van der Waals surface area contributed by atoms with Gasteiger partial charge in [-0.15, -0.1) is 11.3 Å². The van der Waals surface area contributed by atoms with Crippen LogP contribution < -0.4 is 9.62 Å². The third-order valence-corrected chi connectivity index (χ3v) is 8.92. The minimum Gasteiger partial charge on any atom is -0.369 e. The number of fused-ring (bicyclic) bond motifs is 2. The molecule has 1 aliphatic heterocycles. The molecule has 1 aromatic carbocycles. The second kappa shape index (κ2) is 9.24. The van der Waals surface area contributed by atoms with Gasteiger partial charge in [0.25, 0.3) is 10.0 Å². The van der Waals surface area contributed by atoms with Crippen molar-refractivity contribution in [3.63, 3.8) is 0 Å². The van der Waals surface area contributed by atoms with E-state index in [1.807, 2.05) is 13.1 Å². The largest absolute Gasteiger partial charge is 0.369 e. The molecule has 0 radical (unpaired) electrons. The van der Waals surface area contributed by atoms with Crippen molar-refractivity contribution in [2.75, 3.05) is 29.8 Å². The van der Waals surface area contributed by atoms with E-state index in [1.54, 1.807) is 12.3 Å². The Morgan fingerprint density at radius 1 is 1.18 bits per heavy atom. The summed E-state index contributed by atoms with van der Waals surface area (Å²) in [6, 6.07) is 10.8. The summed E-state index contributed by atoms with van der Waals surface area (Å²) in [6.45, 7) is 4.56. The number of piperidine rings is 1. The van der Waals surface area contributed by atoms with Gasteiger partial charge < -0.3 is 4.90 Å². The van der Waals surface area contributed by atoms with E-state index in [0.29, 0.717) is 23.1 Å². The van der Waals surface area contributed by atoms with Crippen molar-refractivity contribution in [3.05, 3.63) is 64.4 Å². The van der Waals surface area contributed by atoms with Gasteiger partial charge in [0.15, 0.2) is 11.6 Å². The quantitative estimate of drug-likeness (QED) is 0.525. The first-order valence-corrected chi connectivity index (χ1v) is 13.8. The highest BCUT2D eigenvalue weighted by Gasteiger charge is 2.44. The zero-order chi connectivity index (χ0) is 23.9. The van der Waals surface area contributed by atoms with Crippen LogP contribution in [0.5, 0.6) is 0 Å². The van der Waals surface area contributed by atoms with Gasteiger partial charge in [0, 0.05) is 43.7 Å². The number of nitrogens with one attached hydrogen (secondary N) is 1. The fourth-order valence-corrected chi connectivity index (χ4v) is 7.22. The summed E-state index contributed by atoms with van der Waals surface area (Å²) in [7, 11) is -2.19. The zero-order valence-corrected chi connectivity index (χ0v) is 20.8. The molecule has 0 amide bonds. The van der Waals surface area contributed by atoms with Crippen LogP contribution in [0.25, 0.3) is 0 Å². The minimum atomic E-state index is -4.17. The fourth-order valence-electron chi connectivity index (χ4n) is 5.59. The summed E-state index contributed by atoms with van der Waals surface area (Å²) >= 11 is 1.25. The van der Waals surface area contributed by atoms with Gasteiger partial charge in [0.1, 0.15) is 0 Å². The predicted molar refractivity (Wildman–Crippen MR) is 132 cm³/mol. The number of rotatable bonds is 7. The Hall–Kier alpha value is -2.56. The van der Waals surface area contributed by atoms with Crippen molar-refractivity contribution in [2.24, 2.45) is 11.8 Å². The lowest BCUT2D eigenvalue weighted by Crippen LogP contribution is -2.51. The van der Waals surface area contributed by atoms with Crippen LogP contribution in [-0.4, -0.2) is 49.5 Å². The molecule has 3 atom stereocenters. The molecule has 2 fully saturated rings. The normalized spacial score (nSPS) is 22.6. The van der Waals surface area contributed by atoms with Crippen molar-refractivity contribution in [1.82, 2.24) is 14.9 Å². The second-order valence-electron chi connectivity index (χ2n) is 9.25. The number of hydrogen-bond acceptors (Lipinski definition) is 7. The van der Waals surface area contributed by atoms with E-state index >= 15 is 4.39 Å². The van der Waals surface area contributed by atoms with Crippen LogP contribution in [-0.2, 0) is 16.6 Å². The molecule has 0 spiro atoms. The molecule has 1 N–H and O–H groups in total. The number of nitrogens with zero attached hydrogens (tertiary/aromatic N) is 4. The fraction of sp³-hybridized carbons (Fsp3) is 0.417. The van der Waals surface area contributed by atoms with Crippen LogP contribution in [0.2, 0.25) is 0 Å². The number of likely N-dealkylation sites (tertiary alicyclic amines) is 1. The lowest BCUT2D eigenvalue weighted by molar-refractivity contribution is 0.138. The smallest absolute Gasteiger partial charge is 0.283 e. The number of aromatic nitrogens is 2. The average molecular weight is 502 g/mol. The maximum Gasteiger partial charge on any atom is 0.283 e. The zero-order valence-electron chi connectivity index (χ0n) is 19.2. The first-order chi connectivity index (χ1) is 16.3. The lowest BCUT2D eigenvalue weighted by atomic mass is 9.90. The van der Waals surface area contributed by atoms with E-state index < -0.39 is 20.9 Å². The van der Waals surface area contributed by atoms with Crippen LogP contribution in [0, 0.1) is 24.6 Å². The first kappa shape index (κ1) is 23.2. The molecule has 10 heteroatoms. The molecular weight excluding hydrogens is 473 g/mol. The molecule has 1 aliphatic carbocycles. The van der Waals surface area contributed by atoms with E-state index in [1.165, 1.54) is 28.6 Å². The maximum atomic E-state index is 15.3. The summed E-state index contributed by atoms with van der Waals surface area (Å²) in [5, 5.41) is 0.945. The van der Waals surface area contributed by atoms with Gasteiger partial charge in [-0.1, -0.05) is 30.3 Å². The van der Waals surface area contributed by atoms with Gasteiger partial charge in [-0.05, 0) is 37.2 Å². The number of halogens is 1. The van der Waals surface area contributed by atoms with E-state index in [0.717, 1.165) is 32.5 Å². The van der Waals surface area contributed by atoms with Crippen LogP contribution >= 0.6 is 11.3 Å². The van der Waals surface area contributed by atoms with Crippen molar-refractivity contribution in [3.8, 4) is 0 Å². The van der Waals surface area contributed by atoms with Crippen LogP contribution in [0.3, 0.4) is 0 Å². The third-order valence-electron chi connectivity index (χ3n) is 7.07. The van der Waals surface area contributed by atoms with Crippen molar-refractivity contribution < 1.29 is 12.8 Å². The average Bonchev–Trinajstić information content (AvgIpc) is 3.40. The van der Waals surface area contributed by atoms with E-state index in [2.05, 4.69) is 48.8 Å². The Labute approximate surface area is 203 Å². The minimum absolute atomic E-state index is 0.156. The van der Waals surface area contributed by atoms with Gasteiger partial charge in [-0.25, -0.2) is 14.4 Å². The molecule has 0 unspecified atom stereocenters. The van der Waals surface area contributed by atoms with Crippen LogP contribution in [0.4, 0.5) is 15.9 Å². The summed E-state index contributed by atoms with van der Waals surface area (Å²) in [5.41, 5.74) is 3.76. The number of benzene rings is 1. The predicted octanol–water partition coefficient (Wildman–Crippen LogP) is 4.13. The third kappa shape index (κ3) is 4.42. The van der Waals surface area contributed by atoms with Crippen LogP contribution in [0.1, 0.15) is 24.0 Å². The molecule has 1 saturated heterocycles. The Morgan fingerprint density at radius 2 is 1.88 bits per heavy atom. The van der Waals surface area contributed by atoms with Gasteiger partial charge in [-0.2, -0.15) is 8.42 Å². The molecular formula is C24H28FN5O2S2. The van der Waals surface area contributed by atoms with Gasteiger partial charge in [0.2, 0.25) is 5.03 Å². The summed E-state index contributed by atoms with van der Waals surface area (Å²) < 4.78 is 43.0. The number of anilines is 2. The Kier molecular flexibility index (Phi) is 6.30. The van der Waals surface area contributed by atoms with E-state index in [4.69, 9.17) is 0 Å². The molecule has 2 aliphatic rings. The Morgan fingerprint density at radius 3 is 2.53 bits per heavy atom. The van der Waals surface area contributed by atoms with Gasteiger partial charge >= 0.3 is 0 Å². The number of pyridine rings is 1. The highest BCUT2D eigenvalue weighted by atomic mass is 32.2. The summed E-state index contributed by atoms with van der Waals surface area (Å²) in [5.74, 6) is 0.291. The molecule has 34 heavy (non-hydrogen) atoms. The Bertz CT molecular complexity index is 1240. The standard InChI is InChI=1S/C24H28FN5O2S2/c1-16-20(10-26-24(22(16)25)34(31,32)28-21-14-33-15-27-21)29(2)23-18-8-9-19(23)13-30(12-18)11-17-6-4-3-5-7-17/h3-7,10,14-15,18-19,23,28H,8-9,11-13H2,1-2H3/t18-,19+,23+. The molecule has 5 rings (SSSR count). The summed E-state index contributed by atoms with van der Waals surface area (Å²) in [6.07, 6.45) is 3.78. The molecule has 3 aromatic rings. The van der Waals surface area contributed by atoms with Crippen molar-refractivity contribution >= 4 is 32.9 Å². The van der Waals surface area contributed by atoms with Crippen LogP contribution in [0.15, 0.2) is 52.4 Å². The molecule has 2 aromatic heterocycles. The highest BCUT2D eigenvalue weighted by molar-refractivity contribution is 7.92. The highest BCUT2D eigenvalue weighted by Crippen LogP contribution is 2.42. The molecule has 7 nitrogen and oxygen atoms in total. The monoisotopic (exact) mass is 501 g/mol. The molecule has 2 bridgehead atoms. The lowest BCUT2D eigenvalue weighted by Gasteiger charge is -2.43. The number of thiazole rings is 1. The van der Waals surface area contributed by atoms with Crippen molar-refractivity contribution in [1.29, 1.82) is 0 Å². The Balaban J connectivity index is 1.34. The number of hydrogen-bond donors (Lipinski definition) is 1. The number of sulfonamides is 1. The van der Waals surface area contributed by atoms with E-state index in [9.17, 15) is 8.42 Å². The van der Waals surface area contributed by atoms with Crippen molar-refractivity contribution in [2.45, 2.75) is 37.4 Å². The maximum absolute atomic E-state index is 15.3. The first-order valence-electron chi connectivity index (χ1n) is 11.4. The van der Waals surface area contributed by atoms with Gasteiger partial charge in [0.05, 0.1) is 17.4 Å². The topological polar surface area (TPSA) is 78.4 Å². The van der Waals surface area contributed by atoms with Gasteiger partial charge in [-0.3, -0.25) is 9.62 Å². The molecule has 1 saturated carbocycles. The SMILES string of the molecule is Cc1c(N(C)[C@H]2[C@@H]3CC[C@H]2CN(Cc2ccccc2)C3)cnc(S(=O)(=O)Nc2cscn2)c1F. The summed E-state index contributed by atoms with van der Waals surface area (Å²) in [4.78, 5) is 12.6. The second-order valence-corrected chi connectivity index (χ2v) is 11.6. The molecule has 3 heterocycles. The van der Waals surface area contributed by atoms with E-state index in [-0.39, 0.29) is 11.9 Å². The molecule has 180 valence electrons.